The largest absolute Gasteiger partial charge is 0.461 e. The SMILES string of the molecule is C[C@]12CCC=CC(=O)N1[C@H](c1ccccc1)COC2=O. The molecule has 3 rings (SSSR count). The quantitative estimate of drug-likeness (QED) is 0.736. The number of amides is 1. The molecule has 2 aliphatic heterocycles. The smallest absolute Gasteiger partial charge is 0.331 e. The van der Waals surface area contributed by atoms with Crippen LogP contribution >= 0.6 is 0 Å². The fraction of sp³-hybridized carbons (Fsp3) is 0.375. The Bertz CT molecular complexity index is 566. The van der Waals surface area contributed by atoms with E-state index in [4.69, 9.17) is 4.74 Å². The third-order valence-electron chi connectivity index (χ3n) is 4.14. The molecule has 1 aromatic carbocycles. The summed E-state index contributed by atoms with van der Waals surface area (Å²) in [6, 6.07) is 9.51. The number of morpholine rings is 1. The van der Waals surface area contributed by atoms with Crippen molar-refractivity contribution in [3.05, 3.63) is 48.0 Å². The van der Waals surface area contributed by atoms with Crippen molar-refractivity contribution >= 4 is 11.9 Å². The van der Waals surface area contributed by atoms with Crippen molar-refractivity contribution in [2.75, 3.05) is 6.61 Å². The second-order valence-electron chi connectivity index (χ2n) is 5.45. The predicted octanol–water partition coefficient (Wildman–Crippen LogP) is 2.22. The Labute approximate surface area is 118 Å². The van der Waals surface area contributed by atoms with Crippen LogP contribution in [0.4, 0.5) is 0 Å². The minimum Gasteiger partial charge on any atom is -0.461 e. The molecule has 104 valence electrons. The van der Waals surface area contributed by atoms with Gasteiger partial charge in [-0.05, 0) is 31.4 Å². The second kappa shape index (κ2) is 4.78. The molecule has 4 heteroatoms. The van der Waals surface area contributed by atoms with Crippen molar-refractivity contribution in [3.63, 3.8) is 0 Å². The average molecular weight is 271 g/mol. The van der Waals surface area contributed by atoms with Gasteiger partial charge in [-0.3, -0.25) is 4.79 Å². The lowest BCUT2D eigenvalue weighted by Gasteiger charge is -2.46. The molecule has 20 heavy (non-hydrogen) atoms. The topological polar surface area (TPSA) is 46.6 Å². The third kappa shape index (κ3) is 1.92. The van der Waals surface area contributed by atoms with Crippen LogP contribution in [0.25, 0.3) is 0 Å². The minimum atomic E-state index is -0.876. The summed E-state index contributed by atoms with van der Waals surface area (Å²) < 4.78 is 5.36. The summed E-state index contributed by atoms with van der Waals surface area (Å²) in [7, 11) is 0. The first-order chi connectivity index (χ1) is 9.63. The van der Waals surface area contributed by atoms with Gasteiger partial charge in [0.2, 0.25) is 5.91 Å². The van der Waals surface area contributed by atoms with E-state index in [9.17, 15) is 9.59 Å². The monoisotopic (exact) mass is 271 g/mol. The number of fused-ring (bicyclic) bond motifs is 1. The zero-order valence-electron chi connectivity index (χ0n) is 11.4. The predicted molar refractivity (Wildman–Crippen MR) is 73.8 cm³/mol. The summed E-state index contributed by atoms with van der Waals surface area (Å²) in [5, 5.41) is 0. The van der Waals surface area contributed by atoms with Crippen molar-refractivity contribution < 1.29 is 14.3 Å². The molecule has 1 aromatic rings. The van der Waals surface area contributed by atoms with Gasteiger partial charge in [-0.2, -0.15) is 0 Å². The highest BCUT2D eigenvalue weighted by Gasteiger charge is 2.50. The molecule has 0 spiro atoms. The summed E-state index contributed by atoms with van der Waals surface area (Å²) in [4.78, 5) is 26.3. The molecule has 0 unspecified atom stereocenters. The number of hydrogen-bond acceptors (Lipinski definition) is 3. The lowest BCUT2D eigenvalue weighted by molar-refractivity contribution is -0.179. The first-order valence-corrected chi connectivity index (χ1v) is 6.85. The van der Waals surface area contributed by atoms with Gasteiger partial charge in [-0.15, -0.1) is 0 Å². The van der Waals surface area contributed by atoms with Crippen molar-refractivity contribution in [1.82, 2.24) is 4.90 Å². The van der Waals surface area contributed by atoms with Crippen molar-refractivity contribution in [2.45, 2.75) is 31.3 Å². The van der Waals surface area contributed by atoms with Crippen molar-refractivity contribution in [1.29, 1.82) is 0 Å². The molecular formula is C16H17NO3. The normalized spacial score (nSPS) is 29.6. The maximum atomic E-state index is 12.4. The van der Waals surface area contributed by atoms with Gasteiger partial charge in [-0.1, -0.05) is 36.4 Å². The number of hydrogen-bond donors (Lipinski definition) is 0. The number of nitrogens with zero attached hydrogens (tertiary/aromatic N) is 1. The molecule has 2 heterocycles. The van der Waals surface area contributed by atoms with E-state index in [2.05, 4.69) is 0 Å². The molecule has 0 N–H and O–H groups in total. The maximum absolute atomic E-state index is 12.4. The molecule has 4 nitrogen and oxygen atoms in total. The maximum Gasteiger partial charge on any atom is 0.331 e. The Morgan fingerprint density at radius 2 is 2.00 bits per heavy atom. The molecule has 1 amide bonds. The van der Waals surface area contributed by atoms with E-state index in [1.165, 1.54) is 0 Å². The van der Waals surface area contributed by atoms with E-state index < -0.39 is 5.54 Å². The fourth-order valence-corrected chi connectivity index (χ4v) is 3.00. The van der Waals surface area contributed by atoms with E-state index >= 15 is 0 Å². The number of carbonyl (C=O) groups excluding carboxylic acids is 2. The molecule has 2 aliphatic rings. The molecule has 0 saturated carbocycles. The summed E-state index contributed by atoms with van der Waals surface area (Å²) in [6.45, 7) is 2.02. The van der Waals surface area contributed by atoms with E-state index in [1.807, 2.05) is 36.4 Å². The zero-order chi connectivity index (χ0) is 14.2. The summed E-state index contributed by atoms with van der Waals surface area (Å²) in [5.74, 6) is -0.419. The van der Waals surface area contributed by atoms with E-state index in [-0.39, 0.29) is 24.5 Å². The number of esters is 1. The fourth-order valence-electron chi connectivity index (χ4n) is 3.00. The summed E-state index contributed by atoms with van der Waals surface area (Å²) in [5.41, 5.74) is 0.120. The second-order valence-corrected chi connectivity index (χ2v) is 5.45. The average Bonchev–Trinajstić information content (AvgIpc) is 2.62. The number of ether oxygens (including phenoxy) is 1. The molecule has 0 aliphatic carbocycles. The minimum absolute atomic E-state index is 0.115. The molecule has 0 radical (unpaired) electrons. The zero-order valence-corrected chi connectivity index (χ0v) is 11.4. The summed E-state index contributed by atoms with van der Waals surface area (Å²) >= 11 is 0. The van der Waals surface area contributed by atoms with Gasteiger partial charge in [0.1, 0.15) is 12.1 Å². The van der Waals surface area contributed by atoms with Crippen LogP contribution in [0.15, 0.2) is 42.5 Å². The highest BCUT2D eigenvalue weighted by atomic mass is 16.5. The van der Waals surface area contributed by atoms with Gasteiger partial charge in [0.15, 0.2) is 0 Å². The van der Waals surface area contributed by atoms with Gasteiger partial charge in [0, 0.05) is 0 Å². The molecule has 2 atom stereocenters. The van der Waals surface area contributed by atoms with E-state index in [0.717, 1.165) is 5.56 Å². The van der Waals surface area contributed by atoms with Gasteiger partial charge in [0.25, 0.3) is 0 Å². The highest BCUT2D eigenvalue weighted by molar-refractivity contribution is 5.95. The molecule has 1 saturated heterocycles. The Morgan fingerprint density at radius 3 is 2.75 bits per heavy atom. The van der Waals surface area contributed by atoms with Crippen LogP contribution in [0.1, 0.15) is 31.4 Å². The van der Waals surface area contributed by atoms with Gasteiger partial charge < -0.3 is 9.64 Å². The van der Waals surface area contributed by atoms with Crippen LogP contribution in [0, 0.1) is 0 Å². The van der Waals surface area contributed by atoms with E-state index in [1.54, 1.807) is 17.9 Å². The molecule has 1 fully saturated rings. The molecule has 0 aromatic heterocycles. The Hall–Kier alpha value is -2.10. The van der Waals surface area contributed by atoms with Gasteiger partial charge in [-0.25, -0.2) is 4.79 Å². The first-order valence-electron chi connectivity index (χ1n) is 6.85. The van der Waals surface area contributed by atoms with Crippen LogP contribution in [-0.2, 0) is 14.3 Å². The number of allylic oxidation sites excluding steroid dienone is 1. The Morgan fingerprint density at radius 1 is 1.25 bits per heavy atom. The van der Waals surface area contributed by atoms with Crippen LogP contribution in [-0.4, -0.2) is 28.9 Å². The van der Waals surface area contributed by atoms with Gasteiger partial charge >= 0.3 is 5.97 Å². The Kier molecular flexibility index (Phi) is 3.08. The number of benzene rings is 1. The van der Waals surface area contributed by atoms with Gasteiger partial charge in [0.05, 0.1) is 6.04 Å². The lowest BCUT2D eigenvalue weighted by Crippen LogP contribution is -2.60. The highest BCUT2D eigenvalue weighted by Crippen LogP contribution is 2.38. The third-order valence-corrected chi connectivity index (χ3v) is 4.14. The van der Waals surface area contributed by atoms with Crippen LogP contribution in [0.3, 0.4) is 0 Å². The van der Waals surface area contributed by atoms with Crippen LogP contribution in [0.2, 0.25) is 0 Å². The van der Waals surface area contributed by atoms with Crippen LogP contribution in [0.5, 0.6) is 0 Å². The number of rotatable bonds is 1. The lowest BCUT2D eigenvalue weighted by atomic mass is 9.89. The van der Waals surface area contributed by atoms with Crippen molar-refractivity contribution in [3.8, 4) is 0 Å². The Balaban J connectivity index is 2.06. The molecule has 0 bridgehead atoms. The van der Waals surface area contributed by atoms with Crippen LogP contribution < -0.4 is 0 Å². The van der Waals surface area contributed by atoms with E-state index in [0.29, 0.717) is 12.8 Å². The molecular weight excluding hydrogens is 254 g/mol. The number of cyclic esters (lactones) is 1. The standard InChI is InChI=1S/C16H17NO3/c1-16-10-6-5-9-14(18)17(16)13(11-20-15(16)19)12-7-3-2-4-8-12/h2-5,7-9,13H,6,10-11H2,1H3/t13-,16+/m0/s1. The number of carbonyl (C=O) groups is 2. The van der Waals surface area contributed by atoms with Crippen molar-refractivity contribution in [2.24, 2.45) is 0 Å². The first kappa shape index (κ1) is 12.9. The summed E-state index contributed by atoms with van der Waals surface area (Å²) in [6.07, 6.45) is 4.70.